The van der Waals surface area contributed by atoms with E-state index >= 15 is 0 Å². The third kappa shape index (κ3) is 2.94. The number of hydrogen-bond donors (Lipinski definition) is 0. The van der Waals surface area contributed by atoms with Crippen LogP contribution in [0, 0.1) is 0 Å². The predicted octanol–water partition coefficient (Wildman–Crippen LogP) is 0.209. The molecule has 5 nitrogen and oxygen atoms in total. The molecule has 1 aliphatic heterocycles. The van der Waals surface area contributed by atoms with Crippen molar-refractivity contribution in [2.24, 2.45) is 0 Å². The van der Waals surface area contributed by atoms with Gasteiger partial charge in [-0.05, 0) is 13.3 Å². The summed E-state index contributed by atoms with van der Waals surface area (Å²) in [5.41, 5.74) is 0. The molecule has 16 heavy (non-hydrogen) atoms. The Morgan fingerprint density at radius 2 is 1.69 bits per heavy atom. The summed E-state index contributed by atoms with van der Waals surface area (Å²) >= 11 is 0. The van der Waals surface area contributed by atoms with Crippen molar-refractivity contribution >= 4 is 10.2 Å². The van der Waals surface area contributed by atoms with E-state index < -0.39 is 10.2 Å². The smallest absolute Gasteiger partial charge is 0.281 e. The van der Waals surface area contributed by atoms with Crippen molar-refractivity contribution in [2.45, 2.75) is 26.3 Å². The Morgan fingerprint density at radius 1 is 1.19 bits per heavy atom. The van der Waals surface area contributed by atoms with Crippen LogP contribution < -0.4 is 0 Å². The minimum Gasteiger partial charge on any atom is -0.298 e. The maximum atomic E-state index is 11.9. The Labute approximate surface area is 99.2 Å². The Bertz CT molecular complexity index is 308. The fourth-order valence-corrected chi connectivity index (χ4v) is 2.95. The highest BCUT2D eigenvalue weighted by Gasteiger charge is 2.29. The minimum absolute atomic E-state index is 0.546. The van der Waals surface area contributed by atoms with Gasteiger partial charge in [0.15, 0.2) is 0 Å². The molecule has 1 unspecified atom stereocenters. The van der Waals surface area contributed by atoms with Crippen molar-refractivity contribution in [2.75, 3.05) is 40.3 Å². The first-order chi connectivity index (χ1) is 7.39. The average Bonchev–Trinajstić information content (AvgIpc) is 2.28. The molecule has 1 atom stereocenters. The molecule has 1 saturated heterocycles. The van der Waals surface area contributed by atoms with Gasteiger partial charge in [0.2, 0.25) is 0 Å². The Morgan fingerprint density at radius 3 is 2.06 bits per heavy atom. The molecule has 1 aliphatic rings. The molecule has 1 heterocycles. The van der Waals surface area contributed by atoms with Crippen LogP contribution in [-0.2, 0) is 10.2 Å². The average molecular weight is 249 g/mol. The summed E-state index contributed by atoms with van der Waals surface area (Å²) in [5.74, 6) is 0. The van der Waals surface area contributed by atoms with E-state index in [0.717, 1.165) is 19.5 Å². The molecule has 6 heteroatoms. The van der Waals surface area contributed by atoms with E-state index in [2.05, 4.69) is 18.7 Å². The van der Waals surface area contributed by atoms with Gasteiger partial charge in [-0.15, -0.1) is 0 Å². The molecule has 1 fully saturated rings. The number of nitrogens with zero attached hydrogens (tertiary/aromatic N) is 3. The fraction of sp³-hybridized carbons (Fsp3) is 1.00. The van der Waals surface area contributed by atoms with Crippen molar-refractivity contribution in [1.29, 1.82) is 0 Å². The lowest BCUT2D eigenvalue weighted by molar-refractivity contribution is 0.140. The molecule has 0 N–H and O–H groups in total. The highest BCUT2D eigenvalue weighted by Crippen LogP contribution is 2.12. The highest BCUT2D eigenvalue weighted by atomic mass is 32.2. The number of piperazine rings is 1. The first-order valence-electron chi connectivity index (χ1n) is 5.81. The van der Waals surface area contributed by atoms with Gasteiger partial charge in [-0.2, -0.15) is 17.0 Å². The van der Waals surface area contributed by atoms with E-state index in [1.54, 1.807) is 18.4 Å². The van der Waals surface area contributed by atoms with Crippen LogP contribution in [0.5, 0.6) is 0 Å². The van der Waals surface area contributed by atoms with E-state index in [-0.39, 0.29) is 0 Å². The normalized spacial score (nSPS) is 22.6. The van der Waals surface area contributed by atoms with E-state index in [1.807, 2.05) is 0 Å². The van der Waals surface area contributed by atoms with Crippen LogP contribution in [-0.4, -0.2) is 68.2 Å². The molecule has 0 spiro atoms. The van der Waals surface area contributed by atoms with E-state index in [1.165, 1.54) is 4.31 Å². The fourth-order valence-electron chi connectivity index (χ4n) is 1.86. The molecular weight excluding hydrogens is 226 g/mol. The summed E-state index contributed by atoms with van der Waals surface area (Å²) in [7, 11) is -0.0563. The van der Waals surface area contributed by atoms with Crippen molar-refractivity contribution in [3.05, 3.63) is 0 Å². The van der Waals surface area contributed by atoms with Crippen molar-refractivity contribution in [3.8, 4) is 0 Å². The van der Waals surface area contributed by atoms with Gasteiger partial charge < -0.3 is 0 Å². The number of hydrogen-bond acceptors (Lipinski definition) is 3. The quantitative estimate of drug-likeness (QED) is 0.715. The van der Waals surface area contributed by atoms with Crippen LogP contribution in [0.4, 0.5) is 0 Å². The van der Waals surface area contributed by atoms with Crippen LogP contribution in [0.3, 0.4) is 0 Å². The topological polar surface area (TPSA) is 43.9 Å². The second-order valence-corrected chi connectivity index (χ2v) is 6.62. The first-order valence-corrected chi connectivity index (χ1v) is 7.21. The van der Waals surface area contributed by atoms with Gasteiger partial charge in [-0.25, -0.2) is 0 Å². The van der Waals surface area contributed by atoms with Crippen LogP contribution in [0.25, 0.3) is 0 Å². The third-order valence-corrected chi connectivity index (χ3v) is 5.22. The molecule has 1 rings (SSSR count). The maximum Gasteiger partial charge on any atom is 0.281 e. The number of rotatable bonds is 4. The van der Waals surface area contributed by atoms with Gasteiger partial charge >= 0.3 is 0 Å². The lowest BCUT2D eigenvalue weighted by Crippen LogP contribution is -2.53. The van der Waals surface area contributed by atoms with Gasteiger partial charge in [-0.3, -0.25) is 4.90 Å². The molecule has 0 aromatic carbocycles. The van der Waals surface area contributed by atoms with Crippen LogP contribution in [0.1, 0.15) is 20.3 Å². The van der Waals surface area contributed by atoms with E-state index in [4.69, 9.17) is 0 Å². The molecule has 96 valence electrons. The SMILES string of the molecule is CCC(C)N1CCN(S(=O)(=O)N(C)C)CC1. The highest BCUT2D eigenvalue weighted by molar-refractivity contribution is 7.86. The summed E-state index contributed by atoms with van der Waals surface area (Å²) < 4.78 is 26.6. The first kappa shape index (κ1) is 13.9. The second kappa shape index (κ2) is 5.44. The van der Waals surface area contributed by atoms with Crippen molar-refractivity contribution in [3.63, 3.8) is 0 Å². The maximum absolute atomic E-state index is 11.9. The zero-order chi connectivity index (χ0) is 12.3. The summed E-state index contributed by atoms with van der Waals surface area (Å²) in [6, 6.07) is 0.546. The van der Waals surface area contributed by atoms with Gasteiger partial charge in [0.1, 0.15) is 0 Å². The van der Waals surface area contributed by atoms with E-state index in [9.17, 15) is 8.42 Å². The largest absolute Gasteiger partial charge is 0.298 e. The molecule has 0 aliphatic carbocycles. The zero-order valence-corrected chi connectivity index (χ0v) is 11.5. The second-order valence-electron chi connectivity index (χ2n) is 4.48. The van der Waals surface area contributed by atoms with Crippen LogP contribution in [0.2, 0.25) is 0 Å². The molecule has 0 aromatic rings. The van der Waals surface area contributed by atoms with Gasteiger partial charge in [-0.1, -0.05) is 6.92 Å². The van der Waals surface area contributed by atoms with Gasteiger partial charge in [0, 0.05) is 46.3 Å². The van der Waals surface area contributed by atoms with Crippen LogP contribution >= 0.6 is 0 Å². The lowest BCUT2D eigenvalue weighted by Gasteiger charge is -2.37. The van der Waals surface area contributed by atoms with Crippen molar-refractivity contribution in [1.82, 2.24) is 13.5 Å². The van der Waals surface area contributed by atoms with Crippen LogP contribution in [0.15, 0.2) is 0 Å². The minimum atomic E-state index is -3.22. The standard InChI is InChI=1S/C10H23N3O2S/c1-5-10(2)12-6-8-13(9-7-12)16(14,15)11(3)4/h10H,5-9H2,1-4H3. The summed E-state index contributed by atoms with van der Waals surface area (Å²) in [5, 5.41) is 0. The van der Waals surface area contributed by atoms with Gasteiger partial charge in [0.25, 0.3) is 10.2 Å². The molecule has 0 saturated carbocycles. The molecule has 0 bridgehead atoms. The summed E-state index contributed by atoms with van der Waals surface area (Å²) in [4.78, 5) is 2.35. The molecule has 0 radical (unpaired) electrons. The zero-order valence-electron chi connectivity index (χ0n) is 10.7. The molecular formula is C10H23N3O2S. The van der Waals surface area contributed by atoms with Gasteiger partial charge in [0.05, 0.1) is 0 Å². The Hall–Kier alpha value is -0.170. The summed E-state index contributed by atoms with van der Waals surface area (Å²) in [6.07, 6.45) is 1.11. The molecule has 0 amide bonds. The monoisotopic (exact) mass is 249 g/mol. The Kier molecular flexibility index (Phi) is 4.73. The lowest BCUT2D eigenvalue weighted by atomic mass is 10.2. The summed E-state index contributed by atoms with van der Waals surface area (Å²) in [6.45, 7) is 7.23. The van der Waals surface area contributed by atoms with Crippen molar-refractivity contribution < 1.29 is 8.42 Å². The Balaban J connectivity index is 2.56. The third-order valence-electron chi connectivity index (χ3n) is 3.28. The molecule has 0 aromatic heterocycles. The predicted molar refractivity (Wildman–Crippen MR) is 65.5 cm³/mol. The van der Waals surface area contributed by atoms with E-state index in [0.29, 0.717) is 19.1 Å².